The summed E-state index contributed by atoms with van der Waals surface area (Å²) in [6.45, 7) is 4.24. The largest absolute Gasteiger partial charge is 0.509 e. The summed E-state index contributed by atoms with van der Waals surface area (Å²) < 4.78 is 28.3. The lowest BCUT2D eigenvalue weighted by molar-refractivity contribution is -0.236. The van der Waals surface area contributed by atoms with Crippen LogP contribution >= 0.6 is 0 Å². The van der Waals surface area contributed by atoms with Crippen LogP contribution in [-0.4, -0.2) is 49.6 Å². The van der Waals surface area contributed by atoms with Crippen molar-refractivity contribution in [3.05, 3.63) is 0 Å². The smallest absolute Gasteiger partial charge is 0.431 e. The summed E-state index contributed by atoms with van der Waals surface area (Å²) in [5.74, 6) is 0. The predicted molar refractivity (Wildman–Crippen MR) is 72.9 cm³/mol. The number of hydrogen-bond donors (Lipinski definition) is 0. The molecule has 3 saturated heterocycles. The summed E-state index contributed by atoms with van der Waals surface area (Å²) >= 11 is 0. The maximum atomic E-state index is 11.4. The lowest BCUT2D eigenvalue weighted by Crippen LogP contribution is -2.54. The highest BCUT2D eigenvalue weighted by molar-refractivity contribution is 5.61. The SMILES string of the molecule is COC1CCC[C@]2(C)O[C@@H]3COC(=O)O[C@@]3(C)CC[C@H]2O1. The molecule has 0 aromatic rings. The summed E-state index contributed by atoms with van der Waals surface area (Å²) in [7, 11) is 1.67. The standard InChI is InChI=1S/C15H24O6/c1-14-7-4-5-12(17-3)19-10(14)6-8-15(2)11(20-14)9-18-13(16)21-15/h10-12H,4-9H2,1-3H3/t10-,11-,12?,14+,15+/m1/s1. The number of hydrogen-bond acceptors (Lipinski definition) is 6. The molecule has 3 fully saturated rings. The summed E-state index contributed by atoms with van der Waals surface area (Å²) in [5.41, 5.74) is -1.04. The van der Waals surface area contributed by atoms with Gasteiger partial charge in [0, 0.05) is 7.11 Å². The van der Waals surface area contributed by atoms with Gasteiger partial charge in [0.1, 0.15) is 18.3 Å². The molecule has 0 N–H and O–H groups in total. The van der Waals surface area contributed by atoms with Gasteiger partial charge in [-0.15, -0.1) is 0 Å². The topological polar surface area (TPSA) is 63.2 Å². The van der Waals surface area contributed by atoms with Gasteiger partial charge in [-0.05, 0) is 46.0 Å². The third kappa shape index (κ3) is 2.76. The van der Waals surface area contributed by atoms with Crippen LogP contribution in [0.25, 0.3) is 0 Å². The first kappa shape index (κ1) is 15.1. The second-order valence-corrected chi connectivity index (χ2v) is 6.62. The minimum absolute atomic E-state index is 0.0638. The Morgan fingerprint density at radius 3 is 2.71 bits per heavy atom. The fraction of sp³-hybridized carbons (Fsp3) is 0.933. The Bertz CT molecular complexity index is 413. The Morgan fingerprint density at radius 1 is 1.14 bits per heavy atom. The molecule has 5 atom stereocenters. The van der Waals surface area contributed by atoms with E-state index in [-0.39, 0.29) is 25.1 Å². The molecule has 1 unspecified atom stereocenters. The Morgan fingerprint density at radius 2 is 1.95 bits per heavy atom. The average Bonchev–Trinajstić information content (AvgIpc) is 2.64. The van der Waals surface area contributed by atoms with E-state index in [1.165, 1.54) is 0 Å². The van der Waals surface area contributed by atoms with Crippen LogP contribution < -0.4 is 0 Å². The molecule has 0 spiro atoms. The molecule has 0 radical (unpaired) electrons. The predicted octanol–water partition coefficient (Wildman–Crippen LogP) is 2.39. The highest BCUT2D eigenvalue weighted by atomic mass is 16.8. The highest BCUT2D eigenvalue weighted by Gasteiger charge is 2.53. The van der Waals surface area contributed by atoms with Crippen molar-refractivity contribution < 1.29 is 28.5 Å². The zero-order valence-corrected chi connectivity index (χ0v) is 12.9. The molecule has 3 heterocycles. The van der Waals surface area contributed by atoms with Crippen molar-refractivity contribution in [2.24, 2.45) is 0 Å². The fourth-order valence-corrected chi connectivity index (χ4v) is 3.58. The van der Waals surface area contributed by atoms with E-state index in [4.69, 9.17) is 23.7 Å². The molecular formula is C15H24O6. The lowest BCUT2D eigenvalue weighted by Gasteiger charge is -2.41. The zero-order chi connectivity index (χ0) is 15.1. The van der Waals surface area contributed by atoms with Crippen LogP contribution in [0, 0.1) is 0 Å². The quantitative estimate of drug-likeness (QED) is 0.693. The van der Waals surface area contributed by atoms with E-state index in [1.54, 1.807) is 7.11 Å². The lowest BCUT2D eigenvalue weighted by atomic mass is 9.89. The Balaban J connectivity index is 1.83. The van der Waals surface area contributed by atoms with Crippen LogP contribution in [0.3, 0.4) is 0 Å². The van der Waals surface area contributed by atoms with Crippen LogP contribution in [-0.2, 0) is 23.7 Å². The van der Waals surface area contributed by atoms with Gasteiger partial charge in [0.05, 0.1) is 11.7 Å². The normalized spacial score (nSPS) is 47.2. The first-order chi connectivity index (χ1) is 9.95. The van der Waals surface area contributed by atoms with E-state index in [1.807, 2.05) is 6.92 Å². The van der Waals surface area contributed by atoms with E-state index >= 15 is 0 Å². The average molecular weight is 300 g/mol. The Labute approximate surface area is 125 Å². The van der Waals surface area contributed by atoms with E-state index < -0.39 is 17.4 Å². The van der Waals surface area contributed by atoms with Crippen LogP contribution in [0.1, 0.15) is 46.0 Å². The molecule has 0 saturated carbocycles. The molecule has 3 aliphatic heterocycles. The van der Waals surface area contributed by atoms with Gasteiger partial charge < -0.3 is 23.7 Å². The molecule has 0 aromatic carbocycles. The third-order valence-electron chi connectivity index (χ3n) is 5.04. The third-order valence-corrected chi connectivity index (χ3v) is 5.04. The molecule has 0 aromatic heterocycles. The van der Waals surface area contributed by atoms with Crippen molar-refractivity contribution in [3.8, 4) is 0 Å². The Kier molecular flexibility index (Phi) is 3.88. The van der Waals surface area contributed by atoms with Gasteiger partial charge in [0.15, 0.2) is 6.29 Å². The minimum Gasteiger partial charge on any atom is -0.431 e. The second kappa shape index (κ2) is 5.41. The molecule has 3 rings (SSSR count). The van der Waals surface area contributed by atoms with E-state index in [2.05, 4.69) is 6.92 Å². The molecule has 0 amide bonds. The van der Waals surface area contributed by atoms with Gasteiger partial charge >= 0.3 is 6.16 Å². The van der Waals surface area contributed by atoms with Gasteiger partial charge in [-0.3, -0.25) is 0 Å². The number of methoxy groups -OCH3 is 1. The van der Waals surface area contributed by atoms with Crippen molar-refractivity contribution in [2.45, 2.75) is 75.7 Å². The van der Waals surface area contributed by atoms with Gasteiger partial charge in [-0.1, -0.05) is 0 Å². The van der Waals surface area contributed by atoms with Crippen molar-refractivity contribution in [1.82, 2.24) is 0 Å². The number of rotatable bonds is 1. The van der Waals surface area contributed by atoms with Gasteiger partial charge in [0.2, 0.25) is 0 Å². The summed E-state index contributed by atoms with van der Waals surface area (Å²) in [6.07, 6.45) is 3.11. The molecule has 21 heavy (non-hydrogen) atoms. The number of fused-ring (bicyclic) bond motifs is 2. The van der Waals surface area contributed by atoms with Crippen molar-refractivity contribution in [1.29, 1.82) is 0 Å². The van der Waals surface area contributed by atoms with E-state index in [9.17, 15) is 4.79 Å². The molecule has 6 nitrogen and oxygen atoms in total. The van der Waals surface area contributed by atoms with E-state index in [0.29, 0.717) is 6.42 Å². The summed E-state index contributed by atoms with van der Waals surface area (Å²) in [4.78, 5) is 11.4. The van der Waals surface area contributed by atoms with Crippen LogP contribution in [0.5, 0.6) is 0 Å². The monoisotopic (exact) mass is 300 g/mol. The van der Waals surface area contributed by atoms with Gasteiger partial charge in [-0.25, -0.2) is 4.79 Å². The van der Waals surface area contributed by atoms with Crippen molar-refractivity contribution in [2.75, 3.05) is 13.7 Å². The molecule has 6 heteroatoms. The molecule has 3 aliphatic rings. The number of cyclic esters (lactones) is 1. The number of carbonyl (C=O) groups is 1. The van der Waals surface area contributed by atoms with Crippen molar-refractivity contribution in [3.63, 3.8) is 0 Å². The van der Waals surface area contributed by atoms with Gasteiger partial charge in [-0.2, -0.15) is 0 Å². The maximum absolute atomic E-state index is 11.4. The maximum Gasteiger partial charge on any atom is 0.509 e. The molecular weight excluding hydrogens is 276 g/mol. The number of ether oxygens (including phenoxy) is 5. The zero-order valence-electron chi connectivity index (χ0n) is 12.9. The summed E-state index contributed by atoms with van der Waals surface area (Å²) in [6, 6.07) is 0. The van der Waals surface area contributed by atoms with Crippen molar-refractivity contribution >= 4 is 6.16 Å². The number of carbonyl (C=O) groups excluding carboxylic acids is 1. The van der Waals surface area contributed by atoms with Crippen LogP contribution in [0.15, 0.2) is 0 Å². The van der Waals surface area contributed by atoms with Gasteiger partial charge in [0.25, 0.3) is 0 Å². The molecule has 120 valence electrons. The highest BCUT2D eigenvalue weighted by Crippen LogP contribution is 2.43. The van der Waals surface area contributed by atoms with E-state index in [0.717, 1.165) is 25.7 Å². The van der Waals surface area contributed by atoms with Crippen LogP contribution in [0.2, 0.25) is 0 Å². The fourth-order valence-electron chi connectivity index (χ4n) is 3.58. The molecule has 0 aliphatic carbocycles. The minimum atomic E-state index is -0.642. The first-order valence-electron chi connectivity index (χ1n) is 7.67. The Hall–Kier alpha value is -0.850. The molecule has 0 bridgehead atoms. The first-order valence-corrected chi connectivity index (χ1v) is 7.67. The second-order valence-electron chi connectivity index (χ2n) is 6.62. The van der Waals surface area contributed by atoms with Crippen LogP contribution in [0.4, 0.5) is 4.79 Å². The summed E-state index contributed by atoms with van der Waals surface area (Å²) in [5, 5.41) is 0.